The summed E-state index contributed by atoms with van der Waals surface area (Å²) < 4.78 is 0. The number of benzene rings is 1. The third-order valence-corrected chi connectivity index (χ3v) is 12.1. The van der Waals surface area contributed by atoms with E-state index in [1.54, 1.807) is 0 Å². The zero-order valence-corrected chi connectivity index (χ0v) is 23.3. The highest BCUT2D eigenvalue weighted by Gasteiger charge is 2.60. The standard InChI is InChI=1S/C33H49Cl/c1-22(2)9-8-10-23(3)28-15-16-29-27-14-13-25-21-24(26-11-6-7-12-31(26)34)17-19-32(25,4)30(27)18-20-33(28,29)5/h6-7,11-12,17,22-23,25,27-30H,8-10,13-16,18-21H2,1-5H3/t23-,25-,27-,28+,29-,30+,32+,33-/m1/s1. The smallest absolute Gasteiger partial charge is 0.0481 e. The summed E-state index contributed by atoms with van der Waals surface area (Å²) in [7, 11) is 0. The first-order chi connectivity index (χ1) is 16.2. The molecule has 0 heterocycles. The maximum Gasteiger partial charge on any atom is 0.0481 e. The van der Waals surface area contributed by atoms with Crippen LogP contribution in [-0.4, -0.2) is 0 Å². The Morgan fingerprint density at radius 1 is 0.912 bits per heavy atom. The quantitative estimate of drug-likeness (QED) is 0.379. The normalized spacial score (nSPS) is 40.3. The molecule has 5 rings (SSSR count). The Kier molecular flexibility index (Phi) is 7.04. The molecule has 0 aromatic heterocycles. The Hall–Kier alpha value is -0.750. The second kappa shape index (κ2) is 9.61. The molecule has 188 valence electrons. The van der Waals surface area contributed by atoms with Crippen LogP contribution >= 0.6 is 11.6 Å². The lowest BCUT2D eigenvalue weighted by Crippen LogP contribution is -2.52. The van der Waals surface area contributed by atoms with Gasteiger partial charge in [-0.1, -0.05) is 89.8 Å². The van der Waals surface area contributed by atoms with Crippen LogP contribution < -0.4 is 0 Å². The van der Waals surface area contributed by atoms with E-state index in [-0.39, 0.29) is 0 Å². The highest BCUT2D eigenvalue weighted by atomic mass is 35.5. The molecule has 3 saturated carbocycles. The van der Waals surface area contributed by atoms with Gasteiger partial charge in [0.2, 0.25) is 0 Å². The van der Waals surface area contributed by atoms with Crippen LogP contribution in [0, 0.1) is 52.3 Å². The van der Waals surface area contributed by atoms with E-state index >= 15 is 0 Å². The molecule has 3 fully saturated rings. The lowest BCUT2D eigenvalue weighted by molar-refractivity contribution is -0.0999. The van der Waals surface area contributed by atoms with E-state index in [9.17, 15) is 0 Å². The molecule has 0 saturated heterocycles. The Bertz CT molecular complexity index is 898. The van der Waals surface area contributed by atoms with Gasteiger partial charge in [0.15, 0.2) is 0 Å². The molecule has 0 aliphatic heterocycles. The van der Waals surface area contributed by atoms with E-state index in [4.69, 9.17) is 11.6 Å². The van der Waals surface area contributed by atoms with Crippen molar-refractivity contribution in [2.45, 2.75) is 105 Å². The SMILES string of the molecule is CC(C)CCC[C@@H](C)[C@@H]1CC[C@@H]2[C@H]3CC[C@@H]4CC(c5ccccc5Cl)=CC[C@]4(C)[C@H]3CC[C@@]21C. The summed E-state index contributed by atoms with van der Waals surface area (Å²) in [6.07, 6.45) is 18.3. The van der Waals surface area contributed by atoms with E-state index < -0.39 is 0 Å². The molecule has 0 radical (unpaired) electrons. The third kappa shape index (κ3) is 4.23. The number of hydrogen-bond acceptors (Lipinski definition) is 0. The predicted octanol–water partition coefficient (Wildman–Crippen LogP) is 10.5. The van der Waals surface area contributed by atoms with Gasteiger partial charge < -0.3 is 0 Å². The second-order valence-electron chi connectivity index (χ2n) is 13.8. The van der Waals surface area contributed by atoms with E-state index in [1.165, 1.54) is 81.8 Å². The van der Waals surface area contributed by atoms with Gasteiger partial charge in [-0.2, -0.15) is 0 Å². The first-order valence-corrected chi connectivity index (χ1v) is 15.1. The molecular formula is C33H49Cl. The van der Waals surface area contributed by atoms with Gasteiger partial charge in [-0.15, -0.1) is 0 Å². The molecule has 1 heteroatoms. The van der Waals surface area contributed by atoms with Crippen molar-refractivity contribution in [1.82, 2.24) is 0 Å². The average Bonchev–Trinajstić information content (AvgIpc) is 3.16. The van der Waals surface area contributed by atoms with E-state index in [0.717, 1.165) is 46.4 Å². The fourth-order valence-electron chi connectivity index (χ4n) is 9.85. The first kappa shape index (κ1) is 24.9. The topological polar surface area (TPSA) is 0 Å². The van der Waals surface area contributed by atoms with Gasteiger partial charge in [-0.05, 0) is 121 Å². The van der Waals surface area contributed by atoms with Crippen molar-refractivity contribution < 1.29 is 0 Å². The van der Waals surface area contributed by atoms with Crippen LogP contribution in [0.2, 0.25) is 5.02 Å². The zero-order valence-electron chi connectivity index (χ0n) is 22.6. The summed E-state index contributed by atoms with van der Waals surface area (Å²) in [5.74, 6) is 6.46. The van der Waals surface area contributed by atoms with E-state index in [2.05, 4.69) is 65.0 Å². The van der Waals surface area contributed by atoms with Gasteiger partial charge in [0.25, 0.3) is 0 Å². The van der Waals surface area contributed by atoms with Crippen LogP contribution in [0.25, 0.3) is 5.57 Å². The molecule has 0 amide bonds. The van der Waals surface area contributed by atoms with Crippen molar-refractivity contribution in [3.05, 3.63) is 40.9 Å². The number of rotatable bonds is 6. The maximum absolute atomic E-state index is 6.60. The van der Waals surface area contributed by atoms with Crippen molar-refractivity contribution in [1.29, 1.82) is 0 Å². The van der Waals surface area contributed by atoms with Crippen LogP contribution in [-0.2, 0) is 0 Å². The van der Waals surface area contributed by atoms with E-state index in [0.29, 0.717) is 10.8 Å². The average molecular weight is 481 g/mol. The van der Waals surface area contributed by atoms with E-state index in [1.807, 2.05) is 0 Å². The van der Waals surface area contributed by atoms with Gasteiger partial charge >= 0.3 is 0 Å². The molecule has 0 spiro atoms. The van der Waals surface area contributed by atoms with Gasteiger partial charge in [0, 0.05) is 5.02 Å². The summed E-state index contributed by atoms with van der Waals surface area (Å²) in [5, 5.41) is 0.930. The fourth-order valence-corrected chi connectivity index (χ4v) is 10.1. The minimum absolute atomic E-state index is 0.496. The lowest BCUT2D eigenvalue weighted by atomic mass is 9.44. The fraction of sp³-hybridized carbons (Fsp3) is 0.758. The van der Waals surface area contributed by atoms with Gasteiger partial charge in [0.1, 0.15) is 0 Å². The Morgan fingerprint density at radius 3 is 2.44 bits per heavy atom. The molecule has 1 aromatic rings. The highest BCUT2D eigenvalue weighted by molar-refractivity contribution is 6.32. The number of hydrogen-bond donors (Lipinski definition) is 0. The summed E-state index contributed by atoms with van der Waals surface area (Å²) in [4.78, 5) is 0. The number of fused-ring (bicyclic) bond motifs is 5. The molecule has 1 aromatic carbocycles. The van der Waals surface area contributed by atoms with Crippen molar-refractivity contribution in [2.75, 3.05) is 0 Å². The molecule has 34 heavy (non-hydrogen) atoms. The maximum atomic E-state index is 6.60. The van der Waals surface area contributed by atoms with Crippen molar-refractivity contribution in [3.8, 4) is 0 Å². The monoisotopic (exact) mass is 480 g/mol. The van der Waals surface area contributed by atoms with Crippen molar-refractivity contribution >= 4 is 17.2 Å². The zero-order chi connectivity index (χ0) is 24.1. The highest BCUT2D eigenvalue weighted by Crippen LogP contribution is 2.68. The molecule has 0 N–H and O–H groups in total. The van der Waals surface area contributed by atoms with Gasteiger partial charge in [-0.3, -0.25) is 0 Å². The summed E-state index contributed by atoms with van der Waals surface area (Å²) in [5.41, 5.74) is 3.91. The predicted molar refractivity (Wildman–Crippen MR) is 148 cm³/mol. The molecule has 0 bridgehead atoms. The second-order valence-corrected chi connectivity index (χ2v) is 14.2. The molecule has 0 unspecified atom stereocenters. The number of halogens is 1. The Labute approximate surface area is 215 Å². The first-order valence-electron chi connectivity index (χ1n) is 14.7. The lowest BCUT2D eigenvalue weighted by Gasteiger charge is -2.60. The van der Waals surface area contributed by atoms with Crippen molar-refractivity contribution in [3.63, 3.8) is 0 Å². The Balaban J connectivity index is 1.31. The van der Waals surface area contributed by atoms with Crippen LogP contribution in [0.3, 0.4) is 0 Å². The van der Waals surface area contributed by atoms with Crippen LogP contribution in [0.4, 0.5) is 0 Å². The molecule has 4 aliphatic rings. The Morgan fingerprint density at radius 2 is 1.68 bits per heavy atom. The molecular weight excluding hydrogens is 432 g/mol. The van der Waals surface area contributed by atoms with Crippen LogP contribution in [0.1, 0.15) is 111 Å². The molecule has 8 atom stereocenters. The van der Waals surface area contributed by atoms with Crippen molar-refractivity contribution in [2.24, 2.45) is 52.3 Å². The molecule has 4 aliphatic carbocycles. The largest absolute Gasteiger partial charge is 0.0837 e. The third-order valence-electron chi connectivity index (χ3n) is 11.7. The summed E-state index contributed by atoms with van der Waals surface area (Å²) >= 11 is 6.60. The summed E-state index contributed by atoms with van der Waals surface area (Å²) in [6.45, 7) is 12.8. The minimum Gasteiger partial charge on any atom is -0.0837 e. The van der Waals surface area contributed by atoms with Gasteiger partial charge in [-0.25, -0.2) is 0 Å². The van der Waals surface area contributed by atoms with Crippen LogP contribution in [0.15, 0.2) is 30.3 Å². The number of allylic oxidation sites excluding steroid dienone is 2. The van der Waals surface area contributed by atoms with Crippen LogP contribution in [0.5, 0.6) is 0 Å². The summed E-state index contributed by atoms with van der Waals surface area (Å²) in [6, 6.07) is 8.50. The van der Waals surface area contributed by atoms with Gasteiger partial charge in [0.05, 0.1) is 0 Å². The molecule has 0 nitrogen and oxygen atoms in total. The minimum atomic E-state index is 0.496.